The van der Waals surface area contributed by atoms with Gasteiger partial charge in [0.25, 0.3) is 0 Å². The Morgan fingerprint density at radius 1 is 1.47 bits per heavy atom. The molecule has 0 aromatic carbocycles. The fourth-order valence-electron chi connectivity index (χ4n) is 1.88. The standard InChI is InChI=1S/C13H24N4/c1-4-15-12(6-8-17(2)3)9-11-5-7-16-13(14)10-11/h5,7,10,12,15H,4,6,8-9H2,1-3H3,(H2,14,16). The van der Waals surface area contributed by atoms with Crippen molar-refractivity contribution in [2.75, 3.05) is 32.9 Å². The minimum absolute atomic E-state index is 0.504. The molecule has 0 aliphatic carbocycles. The molecule has 1 rings (SSSR count). The van der Waals surface area contributed by atoms with Crippen LogP contribution in [0.4, 0.5) is 5.82 Å². The van der Waals surface area contributed by atoms with Crippen molar-refractivity contribution in [2.45, 2.75) is 25.8 Å². The van der Waals surface area contributed by atoms with Gasteiger partial charge in [0.15, 0.2) is 0 Å². The van der Waals surface area contributed by atoms with Gasteiger partial charge in [-0.15, -0.1) is 0 Å². The van der Waals surface area contributed by atoms with E-state index in [9.17, 15) is 0 Å². The van der Waals surface area contributed by atoms with Crippen LogP contribution in [0.3, 0.4) is 0 Å². The summed E-state index contributed by atoms with van der Waals surface area (Å²) in [7, 11) is 4.21. The van der Waals surface area contributed by atoms with Crippen LogP contribution in [0, 0.1) is 0 Å². The zero-order valence-corrected chi connectivity index (χ0v) is 11.1. The molecular weight excluding hydrogens is 212 g/mol. The number of aromatic nitrogens is 1. The van der Waals surface area contributed by atoms with Crippen LogP contribution in [-0.4, -0.2) is 43.1 Å². The fourth-order valence-corrected chi connectivity index (χ4v) is 1.88. The SMILES string of the molecule is CCNC(CCN(C)C)Cc1ccnc(N)c1. The molecule has 1 heterocycles. The van der Waals surface area contributed by atoms with E-state index in [1.807, 2.05) is 12.1 Å². The molecule has 4 nitrogen and oxygen atoms in total. The number of pyridine rings is 1. The average Bonchev–Trinajstić information content (AvgIpc) is 2.26. The lowest BCUT2D eigenvalue weighted by Crippen LogP contribution is -2.34. The highest BCUT2D eigenvalue weighted by Crippen LogP contribution is 2.08. The second-order valence-corrected chi connectivity index (χ2v) is 4.64. The van der Waals surface area contributed by atoms with Crippen molar-refractivity contribution >= 4 is 5.82 Å². The molecule has 0 aliphatic heterocycles. The van der Waals surface area contributed by atoms with Crippen LogP contribution in [0.5, 0.6) is 0 Å². The van der Waals surface area contributed by atoms with Crippen molar-refractivity contribution in [3.63, 3.8) is 0 Å². The van der Waals surface area contributed by atoms with Crippen LogP contribution in [0.1, 0.15) is 18.9 Å². The summed E-state index contributed by atoms with van der Waals surface area (Å²) in [5.41, 5.74) is 6.94. The number of nitrogen functional groups attached to an aromatic ring is 1. The molecule has 0 bridgehead atoms. The zero-order valence-electron chi connectivity index (χ0n) is 11.1. The topological polar surface area (TPSA) is 54.2 Å². The van der Waals surface area contributed by atoms with Gasteiger partial charge in [-0.3, -0.25) is 0 Å². The van der Waals surface area contributed by atoms with Gasteiger partial charge in [0.1, 0.15) is 5.82 Å². The van der Waals surface area contributed by atoms with Gasteiger partial charge < -0.3 is 16.0 Å². The maximum Gasteiger partial charge on any atom is 0.123 e. The van der Waals surface area contributed by atoms with Crippen molar-refractivity contribution < 1.29 is 0 Å². The Morgan fingerprint density at radius 3 is 2.82 bits per heavy atom. The van der Waals surface area contributed by atoms with E-state index in [4.69, 9.17) is 5.73 Å². The van der Waals surface area contributed by atoms with E-state index in [0.29, 0.717) is 11.9 Å². The number of nitrogens with one attached hydrogen (secondary N) is 1. The van der Waals surface area contributed by atoms with E-state index in [2.05, 4.69) is 36.2 Å². The Kier molecular flexibility index (Phi) is 5.94. The number of rotatable bonds is 7. The molecule has 1 unspecified atom stereocenters. The summed E-state index contributed by atoms with van der Waals surface area (Å²) in [5.74, 6) is 0.602. The molecule has 0 fully saturated rings. The summed E-state index contributed by atoms with van der Waals surface area (Å²) in [5, 5.41) is 3.52. The van der Waals surface area contributed by atoms with Crippen LogP contribution in [0.25, 0.3) is 0 Å². The number of nitrogens with two attached hydrogens (primary N) is 1. The van der Waals surface area contributed by atoms with Crippen molar-refractivity contribution in [3.05, 3.63) is 23.9 Å². The summed E-state index contributed by atoms with van der Waals surface area (Å²) >= 11 is 0. The molecule has 0 saturated carbocycles. The van der Waals surface area contributed by atoms with Crippen molar-refractivity contribution in [2.24, 2.45) is 0 Å². The summed E-state index contributed by atoms with van der Waals surface area (Å²) in [4.78, 5) is 6.23. The maximum absolute atomic E-state index is 5.69. The van der Waals surface area contributed by atoms with Gasteiger partial charge in [-0.1, -0.05) is 6.92 Å². The smallest absolute Gasteiger partial charge is 0.123 e. The van der Waals surface area contributed by atoms with Gasteiger partial charge in [-0.25, -0.2) is 4.98 Å². The van der Waals surface area contributed by atoms with Crippen LogP contribution in [-0.2, 0) is 6.42 Å². The summed E-state index contributed by atoms with van der Waals surface area (Å²) in [6.45, 7) is 4.24. The number of nitrogens with zero attached hydrogens (tertiary/aromatic N) is 2. The van der Waals surface area contributed by atoms with Crippen LogP contribution < -0.4 is 11.1 Å². The molecule has 1 aromatic heterocycles. The summed E-state index contributed by atoms with van der Waals surface area (Å²) < 4.78 is 0. The van der Waals surface area contributed by atoms with Gasteiger partial charge >= 0.3 is 0 Å². The third-order valence-corrected chi connectivity index (χ3v) is 2.75. The highest BCUT2D eigenvalue weighted by molar-refractivity contribution is 5.32. The second-order valence-electron chi connectivity index (χ2n) is 4.64. The monoisotopic (exact) mass is 236 g/mol. The molecule has 96 valence electrons. The number of likely N-dealkylation sites (N-methyl/N-ethyl adjacent to an activating group) is 1. The summed E-state index contributed by atoms with van der Waals surface area (Å²) in [6.07, 6.45) is 3.93. The molecule has 0 saturated heterocycles. The van der Waals surface area contributed by atoms with Gasteiger partial charge in [0.2, 0.25) is 0 Å². The van der Waals surface area contributed by atoms with E-state index in [1.165, 1.54) is 5.56 Å². The molecule has 3 N–H and O–H groups in total. The van der Waals surface area contributed by atoms with Crippen LogP contribution >= 0.6 is 0 Å². The largest absolute Gasteiger partial charge is 0.384 e. The Balaban J connectivity index is 2.53. The van der Waals surface area contributed by atoms with E-state index in [-0.39, 0.29) is 0 Å². The molecule has 1 atom stereocenters. The van der Waals surface area contributed by atoms with E-state index >= 15 is 0 Å². The number of hydrogen-bond acceptors (Lipinski definition) is 4. The summed E-state index contributed by atoms with van der Waals surface area (Å²) in [6, 6.07) is 4.50. The Bertz CT molecular complexity index is 325. The highest BCUT2D eigenvalue weighted by Gasteiger charge is 2.09. The predicted octanol–water partition coefficient (Wildman–Crippen LogP) is 1.14. The molecule has 0 amide bonds. The molecular formula is C13H24N4. The minimum atomic E-state index is 0.504. The number of hydrogen-bond donors (Lipinski definition) is 2. The highest BCUT2D eigenvalue weighted by atomic mass is 15.1. The Labute approximate surface area is 104 Å². The third-order valence-electron chi connectivity index (χ3n) is 2.75. The van der Waals surface area contributed by atoms with Crippen LogP contribution in [0.2, 0.25) is 0 Å². The number of anilines is 1. The van der Waals surface area contributed by atoms with E-state index in [1.54, 1.807) is 6.20 Å². The minimum Gasteiger partial charge on any atom is -0.384 e. The Morgan fingerprint density at radius 2 is 2.24 bits per heavy atom. The van der Waals surface area contributed by atoms with Crippen molar-refractivity contribution in [1.29, 1.82) is 0 Å². The molecule has 4 heteroatoms. The first kappa shape index (κ1) is 13.9. The first-order valence-corrected chi connectivity index (χ1v) is 6.20. The van der Waals surface area contributed by atoms with Gasteiger partial charge in [0, 0.05) is 12.2 Å². The third kappa shape index (κ3) is 5.65. The first-order chi connectivity index (χ1) is 8.11. The molecule has 0 radical (unpaired) electrons. The molecule has 1 aromatic rings. The molecule has 0 aliphatic rings. The first-order valence-electron chi connectivity index (χ1n) is 6.20. The van der Waals surface area contributed by atoms with Crippen molar-refractivity contribution in [1.82, 2.24) is 15.2 Å². The lowest BCUT2D eigenvalue weighted by atomic mass is 10.0. The van der Waals surface area contributed by atoms with E-state index in [0.717, 1.165) is 25.9 Å². The van der Waals surface area contributed by atoms with E-state index < -0.39 is 0 Å². The van der Waals surface area contributed by atoms with Gasteiger partial charge in [0.05, 0.1) is 0 Å². The van der Waals surface area contributed by atoms with Gasteiger partial charge in [-0.05, 0) is 57.7 Å². The molecule has 17 heavy (non-hydrogen) atoms. The lowest BCUT2D eigenvalue weighted by molar-refractivity contribution is 0.358. The fraction of sp³-hybridized carbons (Fsp3) is 0.615. The van der Waals surface area contributed by atoms with Crippen molar-refractivity contribution in [3.8, 4) is 0 Å². The molecule has 0 spiro atoms. The maximum atomic E-state index is 5.69. The van der Waals surface area contributed by atoms with Gasteiger partial charge in [-0.2, -0.15) is 0 Å². The zero-order chi connectivity index (χ0) is 12.7. The average molecular weight is 236 g/mol. The second kappa shape index (κ2) is 7.25. The quantitative estimate of drug-likeness (QED) is 0.745. The normalized spacial score (nSPS) is 12.9. The Hall–Kier alpha value is -1.13. The lowest BCUT2D eigenvalue weighted by Gasteiger charge is -2.20. The van der Waals surface area contributed by atoms with Crippen LogP contribution in [0.15, 0.2) is 18.3 Å². The predicted molar refractivity (Wildman–Crippen MR) is 73.0 cm³/mol.